The van der Waals surface area contributed by atoms with E-state index < -0.39 is 11.6 Å². The van der Waals surface area contributed by atoms with Crippen LogP contribution >= 0.6 is 0 Å². The maximum atomic E-state index is 13.9. The molecule has 4 rings (SSSR count). The molecule has 0 unspecified atom stereocenters. The average Bonchev–Trinajstić information content (AvgIpc) is 3.42. The minimum Gasteiger partial charge on any atom is -0.368 e. The van der Waals surface area contributed by atoms with Crippen molar-refractivity contribution in [1.82, 2.24) is 9.88 Å². The normalized spacial score (nSPS) is 22.8. The van der Waals surface area contributed by atoms with Gasteiger partial charge >= 0.3 is 0 Å². The number of carbonyl (C=O) groups excluding carboxylic acids is 1. The monoisotopic (exact) mass is 343 g/mol. The number of piperazine rings is 1. The van der Waals surface area contributed by atoms with E-state index in [9.17, 15) is 13.6 Å². The molecule has 130 valence electrons. The van der Waals surface area contributed by atoms with Crippen LogP contribution in [0.2, 0.25) is 0 Å². The summed E-state index contributed by atoms with van der Waals surface area (Å²) >= 11 is 0. The minimum absolute atomic E-state index is 0.0862. The highest BCUT2D eigenvalue weighted by Gasteiger charge is 2.47. The van der Waals surface area contributed by atoms with Gasteiger partial charge in [0.2, 0.25) is 5.91 Å². The molecule has 2 fully saturated rings. The predicted molar refractivity (Wildman–Crippen MR) is 90.2 cm³/mol. The molecule has 6 heteroatoms. The van der Waals surface area contributed by atoms with Crippen LogP contribution in [0.1, 0.15) is 17.9 Å². The van der Waals surface area contributed by atoms with E-state index in [1.807, 2.05) is 17.0 Å². The molecule has 2 heterocycles. The van der Waals surface area contributed by atoms with Gasteiger partial charge in [-0.05, 0) is 36.1 Å². The van der Waals surface area contributed by atoms with Gasteiger partial charge in [0.25, 0.3) is 0 Å². The lowest BCUT2D eigenvalue weighted by molar-refractivity contribution is -0.132. The van der Waals surface area contributed by atoms with Crippen molar-refractivity contribution >= 4 is 11.6 Å². The van der Waals surface area contributed by atoms with Gasteiger partial charge in [0.05, 0.1) is 0 Å². The van der Waals surface area contributed by atoms with Gasteiger partial charge in [0, 0.05) is 56.2 Å². The van der Waals surface area contributed by atoms with E-state index in [4.69, 9.17) is 0 Å². The molecule has 1 aromatic heterocycles. The Balaban J connectivity index is 1.36. The van der Waals surface area contributed by atoms with Crippen molar-refractivity contribution in [1.29, 1.82) is 0 Å². The van der Waals surface area contributed by atoms with Crippen LogP contribution in [-0.4, -0.2) is 42.0 Å². The van der Waals surface area contributed by atoms with Gasteiger partial charge in [-0.2, -0.15) is 0 Å². The lowest BCUT2D eigenvalue weighted by Crippen LogP contribution is -2.49. The highest BCUT2D eigenvalue weighted by molar-refractivity contribution is 5.83. The molecule has 0 radical (unpaired) electrons. The summed E-state index contributed by atoms with van der Waals surface area (Å²) in [5, 5.41) is 0. The van der Waals surface area contributed by atoms with E-state index in [1.165, 1.54) is 12.1 Å². The molecule has 2 aromatic rings. The molecule has 25 heavy (non-hydrogen) atoms. The summed E-state index contributed by atoms with van der Waals surface area (Å²) in [4.78, 5) is 20.8. The molecule has 2 atom stereocenters. The summed E-state index contributed by atoms with van der Waals surface area (Å²) in [6, 6.07) is 7.54. The Morgan fingerprint density at radius 1 is 1.04 bits per heavy atom. The molecule has 0 spiro atoms. The molecular weight excluding hydrogens is 324 g/mol. The maximum absolute atomic E-state index is 13.9. The highest BCUT2D eigenvalue weighted by Crippen LogP contribution is 2.49. The van der Waals surface area contributed by atoms with Crippen molar-refractivity contribution in [3.63, 3.8) is 0 Å². The summed E-state index contributed by atoms with van der Waals surface area (Å²) in [5.41, 5.74) is 1.56. The topological polar surface area (TPSA) is 36.4 Å². The number of hydrogen-bond donors (Lipinski definition) is 0. The first-order valence-corrected chi connectivity index (χ1v) is 8.52. The first-order valence-electron chi connectivity index (χ1n) is 8.52. The lowest BCUT2D eigenvalue weighted by Gasteiger charge is -2.36. The fraction of sp³-hybridized carbons (Fsp3) is 0.368. The third-order valence-electron chi connectivity index (χ3n) is 5.09. The number of pyridine rings is 1. The van der Waals surface area contributed by atoms with Gasteiger partial charge in [-0.15, -0.1) is 0 Å². The van der Waals surface area contributed by atoms with Crippen LogP contribution in [0.15, 0.2) is 42.7 Å². The molecule has 2 aliphatic rings. The molecular formula is C19H19F2N3O. The molecule has 1 aliphatic heterocycles. The molecule has 1 aromatic carbocycles. The summed E-state index contributed by atoms with van der Waals surface area (Å²) in [5.74, 6) is -1.35. The number of aromatic nitrogens is 1. The molecule has 1 saturated carbocycles. The van der Waals surface area contributed by atoms with Crippen molar-refractivity contribution in [2.24, 2.45) is 5.92 Å². The van der Waals surface area contributed by atoms with Crippen LogP contribution in [0.4, 0.5) is 14.5 Å². The second kappa shape index (κ2) is 6.43. The van der Waals surface area contributed by atoms with E-state index in [1.54, 1.807) is 12.4 Å². The maximum Gasteiger partial charge on any atom is 0.226 e. The van der Waals surface area contributed by atoms with Gasteiger partial charge in [0.1, 0.15) is 11.6 Å². The van der Waals surface area contributed by atoms with Crippen LogP contribution < -0.4 is 4.90 Å². The Morgan fingerprint density at radius 3 is 2.44 bits per heavy atom. The van der Waals surface area contributed by atoms with Crippen molar-refractivity contribution in [3.05, 3.63) is 59.9 Å². The van der Waals surface area contributed by atoms with Crippen LogP contribution in [0, 0.1) is 17.6 Å². The van der Waals surface area contributed by atoms with Crippen molar-refractivity contribution in [2.45, 2.75) is 12.3 Å². The molecule has 4 nitrogen and oxygen atoms in total. The average molecular weight is 343 g/mol. The van der Waals surface area contributed by atoms with Gasteiger partial charge in [-0.3, -0.25) is 9.78 Å². The second-order valence-electron chi connectivity index (χ2n) is 6.63. The van der Waals surface area contributed by atoms with E-state index in [0.717, 1.165) is 24.8 Å². The van der Waals surface area contributed by atoms with Crippen molar-refractivity contribution < 1.29 is 13.6 Å². The molecule has 1 amide bonds. The van der Waals surface area contributed by atoms with Crippen LogP contribution in [0.5, 0.6) is 0 Å². The zero-order valence-corrected chi connectivity index (χ0v) is 13.7. The predicted octanol–water partition coefficient (Wildman–Crippen LogP) is 2.81. The van der Waals surface area contributed by atoms with Crippen molar-refractivity contribution in [2.75, 3.05) is 31.1 Å². The second-order valence-corrected chi connectivity index (χ2v) is 6.63. The molecule has 1 aliphatic carbocycles. The minimum atomic E-state index is -0.586. The van der Waals surface area contributed by atoms with E-state index in [0.29, 0.717) is 25.1 Å². The Kier molecular flexibility index (Phi) is 4.11. The van der Waals surface area contributed by atoms with Crippen molar-refractivity contribution in [3.8, 4) is 0 Å². The fourth-order valence-corrected chi connectivity index (χ4v) is 3.59. The molecule has 0 bridgehead atoms. The fourth-order valence-electron chi connectivity index (χ4n) is 3.59. The number of halogens is 2. The Morgan fingerprint density at radius 2 is 1.76 bits per heavy atom. The van der Waals surface area contributed by atoms with E-state index >= 15 is 0 Å². The first-order chi connectivity index (χ1) is 12.1. The molecule has 0 N–H and O–H groups in total. The number of benzene rings is 1. The number of carbonyl (C=O) groups is 1. The first kappa shape index (κ1) is 16.0. The largest absolute Gasteiger partial charge is 0.368 e. The summed E-state index contributed by atoms with van der Waals surface area (Å²) in [7, 11) is 0. The van der Waals surface area contributed by atoms with Gasteiger partial charge in [0.15, 0.2) is 0 Å². The zero-order chi connectivity index (χ0) is 17.4. The lowest BCUT2D eigenvalue weighted by atomic mass is 10.1. The Hall–Kier alpha value is -2.50. The zero-order valence-electron chi connectivity index (χ0n) is 13.7. The summed E-state index contributed by atoms with van der Waals surface area (Å²) < 4.78 is 26.9. The summed E-state index contributed by atoms with van der Waals surface area (Å²) in [6.45, 7) is 2.88. The van der Waals surface area contributed by atoms with E-state index in [-0.39, 0.29) is 17.7 Å². The van der Waals surface area contributed by atoms with Gasteiger partial charge < -0.3 is 9.80 Å². The third-order valence-corrected chi connectivity index (χ3v) is 5.09. The number of amides is 1. The summed E-state index contributed by atoms with van der Waals surface area (Å²) in [6.07, 6.45) is 4.17. The number of anilines is 1. The van der Waals surface area contributed by atoms with Gasteiger partial charge in [-0.1, -0.05) is 6.07 Å². The van der Waals surface area contributed by atoms with Crippen LogP contribution in [0.25, 0.3) is 0 Å². The third kappa shape index (κ3) is 3.21. The number of nitrogens with zero attached hydrogens (tertiary/aromatic N) is 3. The van der Waals surface area contributed by atoms with Crippen LogP contribution in [0.3, 0.4) is 0 Å². The van der Waals surface area contributed by atoms with Crippen LogP contribution in [-0.2, 0) is 4.79 Å². The molecule has 1 saturated heterocycles. The Labute approximate surface area is 145 Å². The smallest absolute Gasteiger partial charge is 0.226 e. The highest BCUT2D eigenvalue weighted by atomic mass is 19.1. The SMILES string of the molecule is O=C([C@H]1C[C@H]1c1ccc(F)cc1F)N1CCN(c2ccncc2)CC1. The number of hydrogen-bond acceptors (Lipinski definition) is 3. The van der Waals surface area contributed by atoms with Gasteiger partial charge in [-0.25, -0.2) is 8.78 Å². The quantitative estimate of drug-likeness (QED) is 0.860. The van der Waals surface area contributed by atoms with E-state index in [2.05, 4.69) is 9.88 Å². The standard InChI is InChI=1S/C19H19F2N3O/c20-13-1-2-15(18(21)11-13)16-12-17(16)19(25)24-9-7-23(8-10-24)14-3-5-22-6-4-14/h1-6,11,16-17H,7-10,12H2/t16-,17-/m0/s1. The number of rotatable bonds is 3. The Bertz CT molecular complexity index is 775.